The van der Waals surface area contributed by atoms with Crippen molar-refractivity contribution in [3.8, 4) is 0 Å². The monoisotopic (exact) mass is 313 g/mol. The van der Waals surface area contributed by atoms with Gasteiger partial charge in [0.25, 0.3) is 5.79 Å². The molecule has 1 aromatic heterocycles. The van der Waals surface area contributed by atoms with Gasteiger partial charge in [0.15, 0.2) is 5.84 Å². The van der Waals surface area contributed by atoms with Gasteiger partial charge in [-0.05, 0) is 27.7 Å². The summed E-state index contributed by atoms with van der Waals surface area (Å²) in [4.78, 5) is 3.91. The summed E-state index contributed by atoms with van der Waals surface area (Å²) >= 11 is 1.70. The number of aromatic nitrogens is 3. The van der Waals surface area contributed by atoms with Crippen molar-refractivity contribution < 1.29 is 9.47 Å². The van der Waals surface area contributed by atoms with Gasteiger partial charge < -0.3 is 9.47 Å². The fourth-order valence-electron chi connectivity index (χ4n) is 2.24. The Balaban J connectivity index is 2.39. The Labute approximate surface area is 129 Å². The molecule has 8 heteroatoms. The van der Waals surface area contributed by atoms with Gasteiger partial charge in [-0.1, -0.05) is 0 Å². The zero-order valence-corrected chi connectivity index (χ0v) is 13.7. The lowest BCUT2D eigenvalue weighted by atomic mass is 10.2. The van der Waals surface area contributed by atoms with E-state index in [1.54, 1.807) is 11.8 Å². The third-order valence-electron chi connectivity index (χ3n) is 2.86. The summed E-state index contributed by atoms with van der Waals surface area (Å²) in [5.41, 5.74) is 0. The maximum atomic E-state index is 8.56. The molecule has 2 heterocycles. The van der Waals surface area contributed by atoms with E-state index in [0.29, 0.717) is 0 Å². The molecule has 1 unspecified atom stereocenters. The van der Waals surface area contributed by atoms with Crippen LogP contribution in [0, 0.1) is 5.41 Å². The van der Waals surface area contributed by atoms with Crippen LogP contribution in [0.4, 0.5) is 0 Å². The van der Waals surface area contributed by atoms with Crippen LogP contribution in [0.5, 0.6) is 0 Å². The van der Waals surface area contributed by atoms with Gasteiger partial charge in [-0.3, -0.25) is 10.7 Å². The van der Waals surface area contributed by atoms with Crippen molar-refractivity contribution in [1.29, 1.82) is 5.41 Å². The van der Waals surface area contributed by atoms with Crippen LogP contribution < -0.4 is 5.32 Å². The van der Waals surface area contributed by atoms with Crippen LogP contribution in [0.2, 0.25) is 0 Å². The molecule has 2 N–H and O–H groups in total. The second kappa shape index (κ2) is 6.87. The first kappa shape index (κ1) is 16.4. The molecule has 2 rings (SSSR count). The Hall–Kier alpha value is -0.960. The predicted molar refractivity (Wildman–Crippen MR) is 82.6 cm³/mol. The molecule has 21 heavy (non-hydrogen) atoms. The largest absolute Gasteiger partial charge is 0.339 e. The number of thioether (sulfide) groups is 1. The standard InChI is InChI=1S/C13H23N5O2S/c1-9(2)19-13(20-10(3)4,12-16-5-6-21-12)11(14)18-8-15-7-17-18/h7-10,12,14,16H,5-6H2,1-4H3. The lowest BCUT2D eigenvalue weighted by Crippen LogP contribution is -2.60. The molecule has 0 spiro atoms. The summed E-state index contributed by atoms with van der Waals surface area (Å²) in [7, 11) is 0. The van der Waals surface area contributed by atoms with Crippen molar-refractivity contribution in [2.24, 2.45) is 0 Å². The fraction of sp³-hybridized carbons (Fsp3) is 0.769. The minimum Gasteiger partial charge on any atom is -0.339 e. The first-order valence-corrected chi connectivity index (χ1v) is 8.15. The third kappa shape index (κ3) is 3.63. The number of hydrogen-bond donors (Lipinski definition) is 2. The molecule has 1 aliphatic heterocycles. The van der Waals surface area contributed by atoms with Crippen LogP contribution in [0.15, 0.2) is 12.7 Å². The number of ether oxygens (including phenoxy) is 2. The predicted octanol–water partition coefficient (Wildman–Crippen LogP) is 1.31. The van der Waals surface area contributed by atoms with Crippen LogP contribution in [0.25, 0.3) is 0 Å². The third-order valence-corrected chi connectivity index (χ3v) is 4.11. The molecule has 0 aromatic carbocycles. The molecule has 1 atom stereocenters. The van der Waals surface area contributed by atoms with E-state index in [1.165, 1.54) is 17.3 Å². The van der Waals surface area contributed by atoms with Crippen LogP contribution in [-0.4, -0.2) is 56.3 Å². The second-order valence-electron chi connectivity index (χ2n) is 5.39. The molecule has 0 amide bonds. The summed E-state index contributed by atoms with van der Waals surface area (Å²) in [6, 6.07) is 0. The van der Waals surface area contributed by atoms with Crippen molar-refractivity contribution in [3.63, 3.8) is 0 Å². The molecule has 1 aromatic rings. The van der Waals surface area contributed by atoms with Crippen molar-refractivity contribution in [2.45, 2.75) is 51.1 Å². The number of rotatable bonds is 6. The zero-order valence-electron chi connectivity index (χ0n) is 12.9. The highest BCUT2D eigenvalue weighted by molar-refractivity contribution is 8.00. The molecule has 1 fully saturated rings. The number of nitrogens with zero attached hydrogens (tertiary/aromatic N) is 3. The normalized spacial score (nSPS) is 19.6. The number of nitrogens with one attached hydrogen (secondary N) is 2. The molecule has 0 aliphatic carbocycles. The van der Waals surface area contributed by atoms with E-state index >= 15 is 0 Å². The molecule has 0 radical (unpaired) electrons. The van der Waals surface area contributed by atoms with E-state index in [2.05, 4.69) is 15.4 Å². The molecule has 0 bridgehead atoms. The van der Waals surface area contributed by atoms with Gasteiger partial charge in [-0.25, -0.2) is 9.67 Å². The van der Waals surface area contributed by atoms with E-state index in [9.17, 15) is 0 Å². The van der Waals surface area contributed by atoms with Crippen LogP contribution in [0.1, 0.15) is 27.7 Å². The van der Waals surface area contributed by atoms with Gasteiger partial charge in [-0.15, -0.1) is 11.8 Å². The second-order valence-corrected chi connectivity index (χ2v) is 6.61. The summed E-state index contributed by atoms with van der Waals surface area (Å²) in [5, 5.41) is 15.8. The molecule has 1 aliphatic rings. The quantitative estimate of drug-likeness (QED) is 0.468. The van der Waals surface area contributed by atoms with Gasteiger partial charge in [0.2, 0.25) is 0 Å². The van der Waals surface area contributed by atoms with E-state index in [1.807, 2.05) is 27.7 Å². The van der Waals surface area contributed by atoms with Gasteiger partial charge in [0, 0.05) is 12.3 Å². The molecule has 118 valence electrons. The van der Waals surface area contributed by atoms with Gasteiger partial charge in [0.1, 0.15) is 18.0 Å². The Morgan fingerprint density at radius 1 is 1.38 bits per heavy atom. The van der Waals surface area contributed by atoms with Gasteiger partial charge in [-0.2, -0.15) is 5.10 Å². The molecule has 0 saturated carbocycles. The smallest absolute Gasteiger partial charge is 0.255 e. The molecule has 7 nitrogen and oxygen atoms in total. The maximum absolute atomic E-state index is 8.56. The highest BCUT2D eigenvalue weighted by Gasteiger charge is 2.50. The van der Waals surface area contributed by atoms with Crippen molar-refractivity contribution in [1.82, 2.24) is 20.1 Å². The topological polar surface area (TPSA) is 85.1 Å². The average molecular weight is 313 g/mol. The highest BCUT2D eigenvalue weighted by Crippen LogP contribution is 2.33. The first-order chi connectivity index (χ1) is 9.95. The summed E-state index contributed by atoms with van der Waals surface area (Å²) in [6.45, 7) is 8.61. The Kier molecular flexibility index (Phi) is 5.37. The van der Waals surface area contributed by atoms with Gasteiger partial charge >= 0.3 is 0 Å². The SMILES string of the molecule is CC(C)OC(OC(C)C)(C(=N)n1cncn1)C1NCCS1. The molecule has 1 saturated heterocycles. The number of hydrogen-bond acceptors (Lipinski definition) is 7. The summed E-state index contributed by atoms with van der Waals surface area (Å²) < 4.78 is 13.6. The summed E-state index contributed by atoms with van der Waals surface area (Å²) in [6.07, 6.45) is 2.72. The Morgan fingerprint density at radius 2 is 2.05 bits per heavy atom. The van der Waals surface area contributed by atoms with Crippen molar-refractivity contribution >= 4 is 17.6 Å². The van der Waals surface area contributed by atoms with Crippen LogP contribution in [-0.2, 0) is 9.47 Å². The van der Waals surface area contributed by atoms with Crippen LogP contribution in [0.3, 0.4) is 0 Å². The average Bonchev–Trinajstić information content (AvgIpc) is 3.09. The van der Waals surface area contributed by atoms with Crippen molar-refractivity contribution in [2.75, 3.05) is 12.3 Å². The first-order valence-electron chi connectivity index (χ1n) is 7.10. The highest BCUT2D eigenvalue weighted by atomic mass is 32.2. The maximum Gasteiger partial charge on any atom is 0.255 e. The Morgan fingerprint density at radius 3 is 2.48 bits per heavy atom. The van der Waals surface area contributed by atoms with E-state index in [0.717, 1.165) is 12.3 Å². The summed E-state index contributed by atoms with van der Waals surface area (Å²) in [5.74, 6) is -0.105. The molecular weight excluding hydrogens is 290 g/mol. The zero-order chi connectivity index (χ0) is 15.5. The van der Waals surface area contributed by atoms with E-state index < -0.39 is 5.79 Å². The molecular formula is C13H23N5O2S. The van der Waals surface area contributed by atoms with E-state index in [-0.39, 0.29) is 23.4 Å². The minimum absolute atomic E-state index is 0.0874. The minimum atomic E-state index is -1.20. The van der Waals surface area contributed by atoms with E-state index in [4.69, 9.17) is 14.9 Å². The van der Waals surface area contributed by atoms with Crippen molar-refractivity contribution in [3.05, 3.63) is 12.7 Å². The van der Waals surface area contributed by atoms with Crippen LogP contribution >= 0.6 is 11.8 Å². The lowest BCUT2D eigenvalue weighted by molar-refractivity contribution is -0.228. The lowest BCUT2D eigenvalue weighted by Gasteiger charge is -2.40. The Bertz CT molecular complexity index is 447. The fourth-order valence-corrected chi connectivity index (χ4v) is 3.39. The van der Waals surface area contributed by atoms with Gasteiger partial charge in [0.05, 0.1) is 12.2 Å².